The molecule has 0 aliphatic carbocycles. The third-order valence-corrected chi connectivity index (χ3v) is 5.92. The molecule has 0 aliphatic heterocycles. The maximum atomic E-state index is 8.31. The quantitative estimate of drug-likeness (QED) is 0.367. The molecule has 82 valence electrons. The summed E-state index contributed by atoms with van der Waals surface area (Å²) in [5.41, 5.74) is 0. The molecule has 0 aliphatic rings. The number of nitrogens with zero attached hydrogens (tertiary/aromatic N) is 1. The van der Waals surface area contributed by atoms with E-state index in [4.69, 9.17) is 14.1 Å². The minimum atomic E-state index is -1.84. The summed E-state index contributed by atoms with van der Waals surface area (Å²) in [7, 11) is 1.61. The highest BCUT2D eigenvalue weighted by Crippen LogP contribution is 2.16. The number of thiocyanates is 1. The summed E-state index contributed by atoms with van der Waals surface area (Å²) < 4.78 is 10.7. The lowest BCUT2D eigenvalue weighted by atomic mass is 10.3. The molecule has 0 spiro atoms. The van der Waals surface area contributed by atoms with Gasteiger partial charge in [-0.05, 0) is 30.8 Å². The van der Waals surface area contributed by atoms with Crippen LogP contribution in [0.5, 0.6) is 0 Å². The molecule has 0 radical (unpaired) electrons. The van der Waals surface area contributed by atoms with E-state index in [-0.39, 0.29) is 0 Å². The SMILES string of the molecule is CO[Si](C)(CCCCCSC#N)OC. The lowest BCUT2D eigenvalue weighted by Gasteiger charge is -2.22. The minimum Gasteiger partial charge on any atom is -0.398 e. The molecular formula is C9H19NO2SSi. The summed E-state index contributed by atoms with van der Waals surface area (Å²) in [5, 5.41) is 10.4. The third-order valence-electron chi connectivity index (χ3n) is 2.31. The minimum absolute atomic E-state index is 0.939. The fourth-order valence-corrected chi connectivity index (χ4v) is 3.04. The molecule has 0 amide bonds. The van der Waals surface area contributed by atoms with Crippen LogP contribution >= 0.6 is 11.8 Å². The van der Waals surface area contributed by atoms with Crippen LogP contribution in [0.25, 0.3) is 0 Å². The molecule has 14 heavy (non-hydrogen) atoms. The van der Waals surface area contributed by atoms with Gasteiger partial charge >= 0.3 is 8.56 Å². The van der Waals surface area contributed by atoms with Gasteiger partial charge in [-0.25, -0.2) is 0 Å². The van der Waals surface area contributed by atoms with E-state index < -0.39 is 8.56 Å². The van der Waals surface area contributed by atoms with Crippen LogP contribution in [0.1, 0.15) is 19.3 Å². The van der Waals surface area contributed by atoms with Crippen molar-refractivity contribution >= 4 is 20.3 Å². The Morgan fingerprint density at radius 3 is 2.36 bits per heavy atom. The Morgan fingerprint density at radius 1 is 1.21 bits per heavy atom. The predicted molar refractivity (Wildman–Crippen MR) is 62.4 cm³/mol. The monoisotopic (exact) mass is 233 g/mol. The average Bonchev–Trinajstić information content (AvgIpc) is 2.23. The molecule has 0 atom stereocenters. The topological polar surface area (TPSA) is 42.2 Å². The molecule has 5 heteroatoms. The standard InChI is InChI=1S/C9H19NO2SSi/c1-11-14(3,12-2)8-6-4-5-7-13-9-10/h4-8H2,1-3H3. The number of thioether (sulfide) groups is 1. The molecule has 0 saturated heterocycles. The molecule has 0 aromatic rings. The van der Waals surface area contributed by atoms with Gasteiger partial charge < -0.3 is 8.85 Å². The third kappa shape index (κ3) is 6.43. The largest absolute Gasteiger partial charge is 0.398 e. The second kappa shape index (κ2) is 8.30. The fraction of sp³-hybridized carbons (Fsp3) is 0.889. The normalized spacial score (nSPS) is 11.3. The van der Waals surface area contributed by atoms with Crippen molar-refractivity contribution in [2.45, 2.75) is 31.9 Å². The van der Waals surface area contributed by atoms with Crippen molar-refractivity contribution < 1.29 is 8.85 Å². The van der Waals surface area contributed by atoms with Gasteiger partial charge in [-0.15, -0.1) is 0 Å². The van der Waals surface area contributed by atoms with E-state index in [0.29, 0.717) is 0 Å². The van der Waals surface area contributed by atoms with Crippen molar-refractivity contribution in [1.29, 1.82) is 5.26 Å². The lowest BCUT2D eigenvalue weighted by Crippen LogP contribution is -2.35. The van der Waals surface area contributed by atoms with Gasteiger partial charge in [-0.1, -0.05) is 12.8 Å². The van der Waals surface area contributed by atoms with Gasteiger partial charge in [0.2, 0.25) is 0 Å². The summed E-state index contributed by atoms with van der Waals surface area (Å²) >= 11 is 1.33. The Balaban J connectivity index is 3.39. The molecule has 3 nitrogen and oxygen atoms in total. The van der Waals surface area contributed by atoms with Crippen LogP contribution in [0.4, 0.5) is 0 Å². The zero-order valence-corrected chi connectivity index (χ0v) is 11.0. The lowest BCUT2D eigenvalue weighted by molar-refractivity contribution is 0.248. The van der Waals surface area contributed by atoms with E-state index in [1.54, 1.807) is 14.2 Å². The van der Waals surface area contributed by atoms with Gasteiger partial charge in [0.25, 0.3) is 0 Å². The predicted octanol–water partition coefficient (Wildman–Crippen LogP) is 2.74. The molecule has 0 fully saturated rings. The van der Waals surface area contributed by atoms with Crippen molar-refractivity contribution in [3.05, 3.63) is 0 Å². The van der Waals surface area contributed by atoms with Gasteiger partial charge in [-0.3, -0.25) is 0 Å². The van der Waals surface area contributed by atoms with Crippen LogP contribution in [-0.4, -0.2) is 28.5 Å². The van der Waals surface area contributed by atoms with Gasteiger partial charge in [0.05, 0.1) is 0 Å². The smallest absolute Gasteiger partial charge is 0.334 e. The highest BCUT2D eigenvalue weighted by atomic mass is 32.2. The van der Waals surface area contributed by atoms with Crippen LogP contribution in [0.2, 0.25) is 12.6 Å². The average molecular weight is 233 g/mol. The van der Waals surface area contributed by atoms with Crippen LogP contribution in [-0.2, 0) is 8.85 Å². The number of nitriles is 1. The summed E-state index contributed by atoms with van der Waals surface area (Å²) in [6.45, 7) is 2.08. The van der Waals surface area contributed by atoms with Gasteiger partial charge in [0.1, 0.15) is 5.40 Å². The Labute approximate surface area is 92.0 Å². The van der Waals surface area contributed by atoms with Crippen molar-refractivity contribution in [2.75, 3.05) is 20.0 Å². The Bertz CT molecular complexity index is 180. The van der Waals surface area contributed by atoms with Crippen molar-refractivity contribution in [2.24, 2.45) is 0 Å². The first-order valence-electron chi connectivity index (χ1n) is 4.79. The number of hydrogen-bond donors (Lipinski definition) is 0. The van der Waals surface area contributed by atoms with Crippen molar-refractivity contribution in [3.63, 3.8) is 0 Å². The van der Waals surface area contributed by atoms with E-state index in [2.05, 4.69) is 11.9 Å². The van der Waals surface area contributed by atoms with Crippen LogP contribution < -0.4 is 0 Å². The summed E-state index contributed by atoms with van der Waals surface area (Å²) in [5.74, 6) is 0.939. The van der Waals surface area contributed by atoms with E-state index in [9.17, 15) is 0 Å². The second-order valence-electron chi connectivity index (χ2n) is 3.29. The maximum absolute atomic E-state index is 8.31. The number of rotatable bonds is 8. The molecule has 0 N–H and O–H groups in total. The fourth-order valence-electron chi connectivity index (χ4n) is 1.13. The molecular weight excluding hydrogens is 214 g/mol. The van der Waals surface area contributed by atoms with Gasteiger partial charge in [0, 0.05) is 20.0 Å². The van der Waals surface area contributed by atoms with E-state index in [1.165, 1.54) is 11.8 Å². The second-order valence-corrected chi connectivity index (χ2v) is 7.76. The van der Waals surface area contributed by atoms with Gasteiger partial charge in [-0.2, -0.15) is 5.26 Å². The van der Waals surface area contributed by atoms with Crippen LogP contribution in [0, 0.1) is 10.7 Å². The first-order chi connectivity index (χ1) is 6.68. The molecule has 0 aromatic heterocycles. The number of hydrogen-bond acceptors (Lipinski definition) is 4. The van der Waals surface area contributed by atoms with E-state index in [1.807, 2.05) is 0 Å². The van der Waals surface area contributed by atoms with Crippen molar-refractivity contribution in [1.82, 2.24) is 0 Å². The molecule has 0 bridgehead atoms. The summed E-state index contributed by atoms with van der Waals surface area (Å²) in [6, 6.07) is 1.04. The van der Waals surface area contributed by atoms with Crippen LogP contribution in [0.3, 0.4) is 0 Å². The zero-order valence-electron chi connectivity index (χ0n) is 9.21. The Morgan fingerprint density at radius 2 is 1.86 bits per heavy atom. The zero-order chi connectivity index (χ0) is 10.9. The van der Waals surface area contributed by atoms with E-state index >= 15 is 0 Å². The maximum Gasteiger partial charge on any atom is 0.334 e. The number of unbranched alkanes of at least 4 members (excludes halogenated alkanes) is 2. The first-order valence-corrected chi connectivity index (χ1v) is 8.30. The van der Waals surface area contributed by atoms with E-state index in [0.717, 1.165) is 31.1 Å². The molecule has 0 heterocycles. The Kier molecular flexibility index (Phi) is 8.29. The summed E-state index contributed by atoms with van der Waals surface area (Å²) in [4.78, 5) is 0. The highest BCUT2D eigenvalue weighted by Gasteiger charge is 2.27. The van der Waals surface area contributed by atoms with Crippen LogP contribution in [0.15, 0.2) is 0 Å². The first kappa shape index (κ1) is 14.0. The highest BCUT2D eigenvalue weighted by molar-refractivity contribution is 8.03. The Hall–Kier alpha value is -0.0231. The molecule has 0 aromatic carbocycles. The van der Waals surface area contributed by atoms with Gasteiger partial charge in [0.15, 0.2) is 0 Å². The molecule has 0 unspecified atom stereocenters. The molecule has 0 rings (SSSR count). The molecule has 0 saturated carbocycles. The van der Waals surface area contributed by atoms with Crippen molar-refractivity contribution in [3.8, 4) is 5.40 Å². The summed E-state index contributed by atoms with van der Waals surface area (Å²) in [6.07, 6.45) is 3.40.